The highest BCUT2D eigenvalue weighted by Gasteiger charge is 2.42. The fourth-order valence-corrected chi connectivity index (χ4v) is 4.42. The number of hydrazone groups is 1. The fourth-order valence-electron chi connectivity index (χ4n) is 4.42. The van der Waals surface area contributed by atoms with Gasteiger partial charge in [-0.05, 0) is 68.1 Å². The van der Waals surface area contributed by atoms with Crippen LogP contribution in [-0.2, 0) is 11.2 Å². The number of nitrogens with zero attached hydrogens (tertiary/aromatic N) is 2. The van der Waals surface area contributed by atoms with Crippen LogP contribution in [0.4, 0.5) is 0 Å². The summed E-state index contributed by atoms with van der Waals surface area (Å²) in [6.07, 6.45) is 3.64. The van der Waals surface area contributed by atoms with Gasteiger partial charge in [-0.25, -0.2) is 0 Å². The van der Waals surface area contributed by atoms with Crippen LogP contribution in [-0.4, -0.2) is 30.7 Å². The van der Waals surface area contributed by atoms with Crippen molar-refractivity contribution in [2.24, 2.45) is 11.0 Å². The highest BCUT2D eigenvalue weighted by atomic mass is 16.5. The molecule has 5 nitrogen and oxygen atoms in total. The molecule has 1 aliphatic carbocycles. The molecule has 2 aromatic rings. The number of aryl methyl sites for hydroxylation is 1. The van der Waals surface area contributed by atoms with E-state index in [0.29, 0.717) is 0 Å². The molecule has 29 heavy (non-hydrogen) atoms. The predicted octanol–water partition coefficient (Wildman–Crippen LogP) is 4.52. The lowest BCUT2D eigenvalue weighted by molar-refractivity contribution is -0.112. The Hall–Kier alpha value is -3.08. The number of rotatable bonds is 5. The molecule has 0 N–H and O–H groups in total. The number of benzene rings is 2. The Labute approximate surface area is 171 Å². The zero-order chi connectivity index (χ0) is 20.5. The molecule has 0 saturated carbocycles. The van der Waals surface area contributed by atoms with Gasteiger partial charge < -0.3 is 9.47 Å². The zero-order valence-electron chi connectivity index (χ0n) is 17.3. The minimum atomic E-state index is 0.0242. The number of carbonyl (C=O) groups excluding carboxylic acids is 1. The van der Waals surface area contributed by atoms with Crippen molar-refractivity contribution in [3.8, 4) is 11.5 Å². The summed E-state index contributed by atoms with van der Waals surface area (Å²) in [5.74, 6) is 1.99. The maximum absolute atomic E-state index is 11.7. The second kappa shape index (κ2) is 7.74. The van der Waals surface area contributed by atoms with Gasteiger partial charge in [-0.3, -0.25) is 9.80 Å². The molecule has 0 radical (unpaired) electrons. The van der Waals surface area contributed by atoms with Gasteiger partial charge in [0.05, 0.1) is 26.0 Å². The zero-order valence-corrected chi connectivity index (χ0v) is 17.3. The van der Waals surface area contributed by atoms with Crippen molar-refractivity contribution in [1.29, 1.82) is 0 Å². The van der Waals surface area contributed by atoms with Crippen LogP contribution in [0.2, 0.25) is 0 Å². The molecule has 0 amide bonds. The van der Waals surface area contributed by atoms with Crippen molar-refractivity contribution in [2.75, 3.05) is 14.2 Å². The number of allylic oxidation sites excluding steroid dienone is 2. The maximum atomic E-state index is 11.7. The minimum absolute atomic E-state index is 0.0242. The van der Waals surface area contributed by atoms with Crippen LogP contribution in [0.15, 0.2) is 59.3 Å². The molecule has 150 valence electrons. The predicted molar refractivity (Wildman–Crippen MR) is 113 cm³/mol. The van der Waals surface area contributed by atoms with Gasteiger partial charge >= 0.3 is 0 Å². The van der Waals surface area contributed by atoms with Crippen LogP contribution >= 0.6 is 0 Å². The van der Waals surface area contributed by atoms with E-state index in [0.717, 1.165) is 35.7 Å². The summed E-state index contributed by atoms with van der Waals surface area (Å²) < 4.78 is 10.7. The second-order valence-corrected chi connectivity index (χ2v) is 7.61. The molecule has 0 fully saturated rings. The number of carbonyl (C=O) groups is 1. The molecule has 2 aliphatic rings. The van der Waals surface area contributed by atoms with Gasteiger partial charge in [-0.1, -0.05) is 12.1 Å². The van der Waals surface area contributed by atoms with Gasteiger partial charge in [0, 0.05) is 23.3 Å². The molecule has 0 unspecified atom stereocenters. The topological polar surface area (TPSA) is 51.1 Å². The third-order valence-electron chi connectivity index (χ3n) is 5.76. The highest BCUT2D eigenvalue weighted by Crippen LogP contribution is 2.45. The van der Waals surface area contributed by atoms with E-state index in [-0.39, 0.29) is 17.7 Å². The van der Waals surface area contributed by atoms with E-state index < -0.39 is 0 Å². The molecule has 0 bridgehead atoms. The normalized spacial score (nSPS) is 20.6. The highest BCUT2D eigenvalue weighted by molar-refractivity contribution is 6.06. The van der Waals surface area contributed by atoms with Crippen LogP contribution in [0.25, 0.3) is 0 Å². The van der Waals surface area contributed by atoms with E-state index in [1.807, 2.05) is 30.1 Å². The van der Waals surface area contributed by atoms with Crippen LogP contribution in [0.1, 0.15) is 43.0 Å². The smallest absolute Gasteiger partial charge is 0.154 e. The number of ether oxygens (including phenoxy) is 2. The molecule has 2 aromatic carbocycles. The SMILES string of the molecule is COc1ccc([C@@H]2[C@H]3CCc4cc(OC)ccc4C3=NN2/C(C)=C\C(C)=O)cc1. The van der Waals surface area contributed by atoms with Gasteiger partial charge in [0.2, 0.25) is 0 Å². The molecule has 4 rings (SSSR count). The standard InChI is InChI=1S/C24H26N2O3/c1-15(13-16(2)27)26-24(17-5-8-19(28-3)9-6-17)22-11-7-18-14-20(29-4)10-12-21(18)23(22)25-26/h5-6,8-10,12-14,22,24H,7,11H2,1-4H3/b15-13-/t22-,24+/m0/s1. The second-order valence-electron chi connectivity index (χ2n) is 7.61. The van der Waals surface area contributed by atoms with Gasteiger partial charge in [-0.15, -0.1) is 0 Å². The van der Waals surface area contributed by atoms with Crippen molar-refractivity contribution in [3.63, 3.8) is 0 Å². The van der Waals surface area contributed by atoms with Crippen LogP contribution in [0, 0.1) is 5.92 Å². The molecule has 1 heterocycles. The van der Waals surface area contributed by atoms with E-state index in [2.05, 4.69) is 24.3 Å². The Morgan fingerprint density at radius 3 is 2.41 bits per heavy atom. The number of hydrogen-bond donors (Lipinski definition) is 0. The number of hydrogen-bond acceptors (Lipinski definition) is 5. The lowest BCUT2D eigenvalue weighted by Crippen LogP contribution is -2.28. The average molecular weight is 390 g/mol. The quantitative estimate of drug-likeness (QED) is 0.705. The molecular formula is C24H26N2O3. The van der Waals surface area contributed by atoms with Crippen molar-refractivity contribution in [3.05, 3.63) is 70.9 Å². The summed E-state index contributed by atoms with van der Waals surface area (Å²) >= 11 is 0. The molecule has 2 atom stereocenters. The monoisotopic (exact) mass is 390 g/mol. The van der Waals surface area contributed by atoms with E-state index in [4.69, 9.17) is 14.6 Å². The minimum Gasteiger partial charge on any atom is -0.497 e. The maximum Gasteiger partial charge on any atom is 0.154 e. The van der Waals surface area contributed by atoms with Crippen LogP contribution in [0.3, 0.4) is 0 Å². The lowest BCUT2D eigenvalue weighted by atomic mass is 9.77. The molecule has 0 spiro atoms. The van der Waals surface area contributed by atoms with E-state index >= 15 is 0 Å². The first kappa shape index (κ1) is 19.2. The van der Waals surface area contributed by atoms with Crippen molar-refractivity contribution >= 4 is 11.5 Å². The molecule has 5 heteroatoms. The summed E-state index contributed by atoms with van der Waals surface area (Å²) in [7, 11) is 3.36. The Balaban J connectivity index is 1.79. The van der Waals surface area contributed by atoms with Crippen LogP contribution < -0.4 is 9.47 Å². The first-order valence-electron chi connectivity index (χ1n) is 9.89. The van der Waals surface area contributed by atoms with Crippen molar-refractivity contribution in [2.45, 2.75) is 32.7 Å². The Morgan fingerprint density at radius 2 is 1.76 bits per heavy atom. The lowest BCUT2D eigenvalue weighted by Gasteiger charge is -2.31. The Morgan fingerprint density at radius 1 is 1.07 bits per heavy atom. The van der Waals surface area contributed by atoms with Crippen LogP contribution in [0.5, 0.6) is 11.5 Å². The first-order valence-corrected chi connectivity index (χ1v) is 9.89. The Bertz CT molecular complexity index is 992. The summed E-state index contributed by atoms with van der Waals surface area (Å²) in [6, 6.07) is 14.4. The fraction of sp³-hybridized carbons (Fsp3) is 0.333. The van der Waals surface area contributed by atoms with E-state index in [1.165, 1.54) is 16.7 Å². The third-order valence-corrected chi connectivity index (χ3v) is 5.76. The largest absolute Gasteiger partial charge is 0.497 e. The summed E-state index contributed by atoms with van der Waals surface area (Å²) in [5, 5.41) is 7.03. The summed E-state index contributed by atoms with van der Waals surface area (Å²) in [6.45, 7) is 3.53. The number of fused-ring (bicyclic) bond motifs is 3. The van der Waals surface area contributed by atoms with Gasteiger partial charge in [-0.2, -0.15) is 5.10 Å². The summed E-state index contributed by atoms with van der Waals surface area (Å²) in [5.41, 5.74) is 5.56. The van der Waals surface area contributed by atoms with Crippen molar-refractivity contribution in [1.82, 2.24) is 5.01 Å². The average Bonchev–Trinajstić information content (AvgIpc) is 3.13. The summed E-state index contributed by atoms with van der Waals surface area (Å²) in [4.78, 5) is 11.7. The van der Waals surface area contributed by atoms with E-state index in [1.54, 1.807) is 27.2 Å². The molecule has 0 aromatic heterocycles. The van der Waals surface area contributed by atoms with Gasteiger partial charge in [0.1, 0.15) is 11.5 Å². The molecule has 1 aliphatic heterocycles. The number of methoxy groups -OCH3 is 2. The van der Waals surface area contributed by atoms with Gasteiger partial charge in [0.15, 0.2) is 5.78 Å². The number of ketones is 1. The van der Waals surface area contributed by atoms with Gasteiger partial charge in [0.25, 0.3) is 0 Å². The van der Waals surface area contributed by atoms with E-state index in [9.17, 15) is 4.79 Å². The first-order chi connectivity index (χ1) is 14.0. The Kier molecular flexibility index (Phi) is 5.14. The molecular weight excluding hydrogens is 364 g/mol. The third kappa shape index (κ3) is 3.53. The molecule has 0 saturated heterocycles. The van der Waals surface area contributed by atoms with Crippen molar-refractivity contribution < 1.29 is 14.3 Å².